The minimum absolute atomic E-state index is 0.0125. The van der Waals surface area contributed by atoms with E-state index in [1.165, 1.54) is 13.0 Å². The van der Waals surface area contributed by atoms with Crippen molar-refractivity contribution in [2.75, 3.05) is 26.2 Å². The Labute approximate surface area is 105 Å². The van der Waals surface area contributed by atoms with Crippen LogP contribution in [0.5, 0.6) is 0 Å². The van der Waals surface area contributed by atoms with Crippen molar-refractivity contribution in [1.82, 2.24) is 15.5 Å². The van der Waals surface area contributed by atoms with Gasteiger partial charge in [-0.05, 0) is 39.2 Å². The van der Waals surface area contributed by atoms with E-state index in [0.717, 1.165) is 32.5 Å². The number of amides is 2. The van der Waals surface area contributed by atoms with Crippen molar-refractivity contribution < 1.29 is 4.79 Å². The molecule has 1 saturated heterocycles. The maximum atomic E-state index is 11.5. The molecule has 2 N–H and O–H groups in total. The molecule has 1 aliphatic heterocycles. The van der Waals surface area contributed by atoms with Gasteiger partial charge in [0.25, 0.3) is 0 Å². The summed E-state index contributed by atoms with van der Waals surface area (Å²) in [7, 11) is 0. The summed E-state index contributed by atoms with van der Waals surface area (Å²) in [6.45, 7) is 10.5. The molecule has 0 aliphatic carbocycles. The molecule has 1 atom stereocenters. The molecule has 17 heavy (non-hydrogen) atoms. The molecule has 1 rings (SSSR count). The Morgan fingerprint density at radius 1 is 1.41 bits per heavy atom. The Kier molecular flexibility index (Phi) is 6.34. The van der Waals surface area contributed by atoms with E-state index in [4.69, 9.17) is 0 Å². The fraction of sp³-hybridized carbons (Fsp3) is 0.923. The van der Waals surface area contributed by atoms with E-state index >= 15 is 0 Å². The lowest BCUT2D eigenvalue weighted by Gasteiger charge is -2.20. The summed E-state index contributed by atoms with van der Waals surface area (Å²) in [4.78, 5) is 13.9. The molecule has 0 radical (unpaired) electrons. The van der Waals surface area contributed by atoms with Crippen LogP contribution in [0.1, 0.15) is 40.0 Å². The van der Waals surface area contributed by atoms with Crippen LogP contribution in [0.15, 0.2) is 0 Å². The van der Waals surface area contributed by atoms with Gasteiger partial charge in [0.1, 0.15) is 0 Å². The predicted octanol–water partition coefficient (Wildman–Crippen LogP) is 1.82. The molecule has 1 fully saturated rings. The Morgan fingerprint density at radius 3 is 2.76 bits per heavy atom. The highest BCUT2D eigenvalue weighted by Crippen LogP contribution is 2.17. The standard InChI is InChI=1S/C13H27N3O/c1-4-5-7-14-13(17)15-9-12-6-8-16(10-12)11(2)3/h11-12H,4-10H2,1-3H3,(H2,14,15,17). The smallest absolute Gasteiger partial charge is 0.314 e. The zero-order valence-corrected chi connectivity index (χ0v) is 11.5. The molecule has 0 saturated carbocycles. The second-order valence-electron chi connectivity index (χ2n) is 5.23. The normalized spacial score (nSPS) is 20.8. The van der Waals surface area contributed by atoms with Gasteiger partial charge in [0.05, 0.1) is 0 Å². The van der Waals surface area contributed by atoms with Crippen molar-refractivity contribution >= 4 is 6.03 Å². The van der Waals surface area contributed by atoms with Crippen LogP contribution < -0.4 is 10.6 Å². The number of hydrogen-bond donors (Lipinski definition) is 2. The Bertz CT molecular complexity index is 231. The SMILES string of the molecule is CCCCNC(=O)NCC1CCN(C(C)C)C1. The molecule has 0 bridgehead atoms. The van der Waals surface area contributed by atoms with Crippen molar-refractivity contribution in [2.24, 2.45) is 5.92 Å². The first-order valence-corrected chi connectivity index (χ1v) is 6.89. The lowest BCUT2D eigenvalue weighted by molar-refractivity contribution is 0.236. The summed E-state index contributed by atoms with van der Waals surface area (Å²) in [5.41, 5.74) is 0. The summed E-state index contributed by atoms with van der Waals surface area (Å²) >= 11 is 0. The van der Waals surface area contributed by atoms with Gasteiger partial charge in [0, 0.05) is 25.7 Å². The lowest BCUT2D eigenvalue weighted by atomic mass is 10.1. The van der Waals surface area contributed by atoms with Crippen molar-refractivity contribution in [1.29, 1.82) is 0 Å². The first-order chi connectivity index (χ1) is 8.13. The fourth-order valence-corrected chi connectivity index (χ4v) is 2.18. The summed E-state index contributed by atoms with van der Waals surface area (Å²) in [5.74, 6) is 0.620. The minimum Gasteiger partial charge on any atom is -0.338 e. The van der Waals surface area contributed by atoms with Crippen molar-refractivity contribution in [3.05, 3.63) is 0 Å². The number of rotatable bonds is 6. The van der Waals surface area contributed by atoms with Crippen LogP contribution in [-0.2, 0) is 0 Å². The Balaban J connectivity index is 2.09. The summed E-state index contributed by atoms with van der Waals surface area (Å²) in [5, 5.41) is 5.84. The van der Waals surface area contributed by atoms with Crippen LogP contribution in [-0.4, -0.2) is 43.2 Å². The monoisotopic (exact) mass is 241 g/mol. The molecular formula is C13H27N3O. The van der Waals surface area contributed by atoms with Crippen LogP contribution in [0, 0.1) is 5.92 Å². The molecule has 2 amide bonds. The lowest BCUT2D eigenvalue weighted by Crippen LogP contribution is -2.39. The van der Waals surface area contributed by atoms with Crippen LogP contribution in [0.2, 0.25) is 0 Å². The van der Waals surface area contributed by atoms with Gasteiger partial charge in [-0.1, -0.05) is 13.3 Å². The van der Waals surface area contributed by atoms with Gasteiger partial charge in [0.2, 0.25) is 0 Å². The maximum Gasteiger partial charge on any atom is 0.314 e. The average Bonchev–Trinajstić information content (AvgIpc) is 2.75. The molecular weight excluding hydrogens is 214 g/mol. The second-order valence-corrected chi connectivity index (χ2v) is 5.23. The van der Waals surface area contributed by atoms with Crippen molar-refractivity contribution in [2.45, 2.75) is 46.1 Å². The topological polar surface area (TPSA) is 44.4 Å². The third-order valence-electron chi connectivity index (χ3n) is 3.41. The van der Waals surface area contributed by atoms with Crippen molar-refractivity contribution in [3.63, 3.8) is 0 Å². The van der Waals surface area contributed by atoms with Gasteiger partial charge < -0.3 is 15.5 Å². The fourth-order valence-electron chi connectivity index (χ4n) is 2.18. The molecule has 4 nitrogen and oxygen atoms in total. The van der Waals surface area contributed by atoms with Gasteiger partial charge in [-0.3, -0.25) is 0 Å². The van der Waals surface area contributed by atoms with Crippen LogP contribution in [0.25, 0.3) is 0 Å². The number of urea groups is 1. The summed E-state index contributed by atoms with van der Waals surface area (Å²) < 4.78 is 0. The minimum atomic E-state index is -0.0125. The first kappa shape index (κ1) is 14.3. The molecule has 4 heteroatoms. The van der Waals surface area contributed by atoms with E-state index in [9.17, 15) is 4.79 Å². The Morgan fingerprint density at radius 2 is 2.18 bits per heavy atom. The highest BCUT2D eigenvalue weighted by Gasteiger charge is 2.24. The highest BCUT2D eigenvalue weighted by molar-refractivity contribution is 5.73. The molecule has 0 aromatic rings. The number of hydrogen-bond acceptors (Lipinski definition) is 2. The van der Waals surface area contributed by atoms with Crippen LogP contribution in [0.3, 0.4) is 0 Å². The third kappa shape index (κ3) is 5.39. The first-order valence-electron chi connectivity index (χ1n) is 6.89. The van der Waals surface area contributed by atoms with E-state index in [1.807, 2.05) is 0 Å². The van der Waals surface area contributed by atoms with E-state index < -0.39 is 0 Å². The molecule has 0 spiro atoms. The van der Waals surface area contributed by atoms with Crippen LogP contribution >= 0.6 is 0 Å². The molecule has 1 aliphatic rings. The van der Waals surface area contributed by atoms with E-state index in [2.05, 4.69) is 36.3 Å². The molecule has 100 valence electrons. The van der Waals surface area contributed by atoms with E-state index in [0.29, 0.717) is 12.0 Å². The van der Waals surface area contributed by atoms with Gasteiger partial charge in [-0.25, -0.2) is 4.79 Å². The highest BCUT2D eigenvalue weighted by atomic mass is 16.2. The zero-order valence-electron chi connectivity index (χ0n) is 11.5. The number of carbonyl (C=O) groups is 1. The number of likely N-dealkylation sites (tertiary alicyclic amines) is 1. The largest absolute Gasteiger partial charge is 0.338 e. The number of nitrogens with zero attached hydrogens (tertiary/aromatic N) is 1. The van der Waals surface area contributed by atoms with Gasteiger partial charge in [-0.15, -0.1) is 0 Å². The zero-order chi connectivity index (χ0) is 12.7. The van der Waals surface area contributed by atoms with Crippen molar-refractivity contribution in [3.8, 4) is 0 Å². The quantitative estimate of drug-likeness (QED) is 0.697. The predicted molar refractivity (Wildman–Crippen MR) is 71.1 cm³/mol. The van der Waals surface area contributed by atoms with Gasteiger partial charge in [0.15, 0.2) is 0 Å². The summed E-state index contributed by atoms with van der Waals surface area (Å²) in [6, 6.07) is 0.611. The molecule has 1 heterocycles. The molecule has 1 unspecified atom stereocenters. The van der Waals surface area contributed by atoms with Gasteiger partial charge in [-0.2, -0.15) is 0 Å². The van der Waals surface area contributed by atoms with Crippen LogP contribution in [0.4, 0.5) is 4.79 Å². The molecule has 0 aromatic carbocycles. The number of nitrogens with one attached hydrogen (secondary N) is 2. The third-order valence-corrected chi connectivity index (χ3v) is 3.41. The number of carbonyl (C=O) groups excluding carboxylic acids is 1. The Hall–Kier alpha value is -0.770. The number of unbranched alkanes of at least 4 members (excludes halogenated alkanes) is 1. The summed E-state index contributed by atoms with van der Waals surface area (Å²) in [6.07, 6.45) is 3.37. The van der Waals surface area contributed by atoms with Gasteiger partial charge >= 0.3 is 6.03 Å². The molecule has 0 aromatic heterocycles. The van der Waals surface area contributed by atoms with E-state index in [-0.39, 0.29) is 6.03 Å². The van der Waals surface area contributed by atoms with E-state index in [1.54, 1.807) is 0 Å². The average molecular weight is 241 g/mol. The second kappa shape index (κ2) is 7.54. The maximum absolute atomic E-state index is 11.5.